The van der Waals surface area contributed by atoms with Crippen LogP contribution in [0.3, 0.4) is 0 Å². The molecule has 2 nitrogen and oxygen atoms in total. The van der Waals surface area contributed by atoms with Gasteiger partial charge in [0.15, 0.2) is 0 Å². The Bertz CT molecular complexity index is 552. The van der Waals surface area contributed by atoms with Crippen LogP contribution in [-0.4, -0.2) is 17.3 Å². The molecule has 2 unspecified atom stereocenters. The number of fused-ring (bicyclic) bond motifs is 1. The number of aliphatic hydroxyl groups is 1. The molecule has 1 aliphatic rings. The fourth-order valence-corrected chi connectivity index (χ4v) is 2.95. The molecule has 1 fully saturated rings. The molecule has 2 aromatic rings. The summed E-state index contributed by atoms with van der Waals surface area (Å²) in [4.78, 5) is 0. The Balaban J connectivity index is 1.80. The number of hydrogen-bond donors (Lipinski definition) is 2. The molecule has 1 saturated carbocycles. The van der Waals surface area contributed by atoms with Crippen molar-refractivity contribution < 1.29 is 5.11 Å². The van der Waals surface area contributed by atoms with Crippen molar-refractivity contribution in [2.45, 2.75) is 44.2 Å². The first-order chi connectivity index (χ1) is 9.33. The largest absolute Gasteiger partial charge is 0.391 e. The SMILES string of the molecule is OC1CCCCCC1Nc1ccc2ccccc2c1. The summed E-state index contributed by atoms with van der Waals surface area (Å²) in [5.41, 5.74) is 1.12. The zero-order valence-electron chi connectivity index (χ0n) is 11.2. The topological polar surface area (TPSA) is 32.3 Å². The fraction of sp³-hybridized carbons (Fsp3) is 0.412. The molecule has 0 aliphatic heterocycles. The molecule has 3 rings (SSSR count). The van der Waals surface area contributed by atoms with E-state index in [1.807, 2.05) is 0 Å². The van der Waals surface area contributed by atoms with Gasteiger partial charge >= 0.3 is 0 Å². The van der Waals surface area contributed by atoms with E-state index in [9.17, 15) is 5.11 Å². The third-order valence-electron chi connectivity index (χ3n) is 4.08. The first-order valence-electron chi connectivity index (χ1n) is 7.26. The van der Waals surface area contributed by atoms with E-state index >= 15 is 0 Å². The lowest BCUT2D eigenvalue weighted by Gasteiger charge is -2.23. The smallest absolute Gasteiger partial charge is 0.0741 e. The van der Waals surface area contributed by atoms with Gasteiger partial charge in [-0.15, -0.1) is 0 Å². The normalized spacial score (nSPS) is 24.1. The van der Waals surface area contributed by atoms with E-state index in [2.05, 4.69) is 47.8 Å². The Kier molecular flexibility index (Phi) is 3.69. The van der Waals surface area contributed by atoms with Crippen LogP contribution in [0.25, 0.3) is 10.8 Å². The highest BCUT2D eigenvalue weighted by Gasteiger charge is 2.21. The summed E-state index contributed by atoms with van der Waals surface area (Å²) in [6.45, 7) is 0. The van der Waals surface area contributed by atoms with Crippen LogP contribution in [0.2, 0.25) is 0 Å². The van der Waals surface area contributed by atoms with E-state index in [1.165, 1.54) is 23.6 Å². The highest BCUT2D eigenvalue weighted by molar-refractivity contribution is 5.85. The van der Waals surface area contributed by atoms with Crippen LogP contribution in [0.4, 0.5) is 5.69 Å². The number of hydrogen-bond acceptors (Lipinski definition) is 2. The summed E-state index contributed by atoms with van der Waals surface area (Å²) >= 11 is 0. The van der Waals surface area contributed by atoms with Crippen molar-refractivity contribution in [3.05, 3.63) is 42.5 Å². The minimum absolute atomic E-state index is 0.198. The molecule has 100 valence electrons. The standard InChI is InChI=1S/C17H21NO/c19-17-9-3-1-2-8-16(17)18-15-11-10-13-6-4-5-7-14(13)12-15/h4-7,10-12,16-19H,1-3,8-9H2. The van der Waals surface area contributed by atoms with E-state index in [1.54, 1.807) is 0 Å². The molecule has 1 aliphatic carbocycles. The van der Waals surface area contributed by atoms with Crippen LogP contribution in [0.5, 0.6) is 0 Å². The highest BCUT2D eigenvalue weighted by Crippen LogP contribution is 2.24. The Labute approximate surface area is 114 Å². The molecule has 0 aromatic heterocycles. The predicted molar refractivity (Wildman–Crippen MR) is 80.5 cm³/mol. The van der Waals surface area contributed by atoms with Crippen LogP contribution < -0.4 is 5.32 Å². The number of benzene rings is 2. The molecule has 2 N–H and O–H groups in total. The maximum absolute atomic E-state index is 10.2. The van der Waals surface area contributed by atoms with Crippen molar-refractivity contribution in [1.29, 1.82) is 0 Å². The van der Waals surface area contributed by atoms with Crippen LogP contribution in [0.15, 0.2) is 42.5 Å². The number of rotatable bonds is 2. The van der Waals surface area contributed by atoms with Gasteiger partial charge < -0.3 is 10.4 Å². The number of anilines is 1. The monoisotopic (exact) mass is 255 g/mol. The number of aliphatic hydroxyl groups excluding tert-OH is 1. The molecule has 0 saturated heterocycles. The quantitative estimate of drug-likeness (QED) is 0.796. The maximum atomic E-state index is 10.2. The second kappa shape index (κ2) is 5.62. The van der Waals surface area contributed by atoms with E-state index in [4.69, 9.17) is 0 Å². The lowest BCUT2D eigenvalue weighted by Crippen LogP contribution is -2.32. The van der Waals surface area contributed by atoms with E-state index in [-0.39, 0.29) is 12.1 Å². The Morgan fingerprint density at radius 1 is 0.895 bits per heavy atom. The molecule has 0 spiro atoms. The van der Waals surface area contributed by atoms with Gasteiger partial charge in [-0.05, 0) is 35.7 Å². The van der Waals surface area contributed by atoms with E-state index in [0.29, 0.717) is 0 Å². The van der Waals surface area contributed by atoms with Gasteiger partial charge in [-0.2, -0.15) is 0 Å². The molecule has 0 amide bonds. The Hall–Kier alpha value is -1.54. The molecule has 0 bridgehead atoms. The van der Waals surface area contributed by atoms with Crippen molar-refractivity contribution >= 4 is 16.5 Å². The Morgan fingerprint density at radius 3 is 2.58 bits per heavy atom. The minimum Gasteiger partial charge on any atom is -0.391 e. The summed E-state index contributed by atoms with van der Waals surface area (Å²) in [6.07, 6.45) is 5.37. The van der Waals surface area contributed by atoms with E-state index in [0.717, 1.165) is 24.9 Å². The van der Waals surface area contributed by atoms with Gasteiger partial charge in [0.05, 0.1) is 12.1 Å². The molecule has 0 radical (unpaired) electrons. The lowest BCUT2D eigenvalue weighted by atomic mass is 10.0. The van der Waals surface area contributed by atoms with Gasteiger partial charge in [0, 0.05) is 5.69 Å². The fourth-order valence-electron chi connectivity index (χ4n) is 2.95. The summed E-state index contributed by atoms with van der Waals surface area (Å²) in [5.74, 6) is 0. The second-order valence-electron chi connectivity index (χ2n) is 5.52. The third kappa shape index (κ3) is 2.90. The van der Waals surface area contributed by atoms with Crippen LogP contribution in [-0.2, 0) is 0 Å². The summed E-state index contributed by atoms with van der Waals surface area (Å²) in [6, 6.07) is 15.0. The minimum atomic E-state index is -0.214. The molecule has 0 heterocycles. The molecular formula is C17H21NO. The first-order valence-corrected chi connectivity index (χ1v) is 7.26. The average molecular weight is 255 g/mol. The zero-order chi connectivity index (χ0) is 13.1. The zero-order valence-corrected chi connectivity index (χ0v) is 11.2. The van der Waals surface area contributed by atoms with Gasteiger partial charge in [-0.1, -0.05) is 49.6 Å². The number of nitrogens with one attached hydrogen (secondary N) is 1. The summed E-state index contributed by atoms with van der Waals surface area (Å²) in [7, 11) is 0. The maximum Gasteiger partial charge on any atom is 0.0741 e. The first kappa shape index (κ1) is 12.5. The highest BCUT2D eigenvalue weighted by atomic mass is 16.3. The third-order valence-corrected chi connectivity index (χ3v) is 4.08. The van der Waals surface area contributed by atoms with Crippen molar-refractivity contribution in [3.8, 4) is 0 Å². The summed E-state index contributed by atoms with van der Waals surface area (Å²) < 4.78 is 0. The average Bonchev–Trinajstić information content (AvgIpc) is 2.64. The van der Waals surface area contributed by atoms with Crippen molar-refractivity contribution in [2.75, 3.05) is 5.32 Å². The predicted octanol–water partition coefficient (Wildman–Crippen LogP) is 3.95. The van der Waals surface area contributed by atoms with Gasteiger partial charge in [0.2, 0.25) is 0 Å². The molecule has 2 heteroatoms. The van der Waals surface area contributed by atoms with Gasteiger partial charge in [0.1, 0.15) is 0 Å². The van der Waals surface area contributed by atoms with Crippen molar-refractivity contribution in [3.63, 3.8) is 0 Å². The Morgan fingerprint density at radius 2 is 1.68 bits per heavy atom. The van der Waals surface area contributed by atoms with Crippen LogP contribution in [0, 0.1) is 0 Å². The molecule has 19 heavy (non-hydrogen) atoms. The van der Waals surface area contributed by atoms with Gasteiger partial charge in [-0.25, -0.2) is 0 Å². The van der Waals surface area contributed by atoms with Crippen LogP contribution >= 0.6 is 0 Å². The van der Waals surface area contributed by atoms with Crippen molar-refractivity contribution in [1.82, 2.24) is 0 Å². The van der Waals surface area contributed by atoms with Gasteiger partial charge in [-0.3, -0.25) is 0 Å². The van der Waals surface area contributed by atoms with Gasteiger partial charge in [0.25, 0.3) is 0 Å². The molecule has 2 atom stereocenters. The molecule has 2 aromatic carbocycles. The van der Waals surface area contributed by atoms with E-state index < -0.39 is 0 Å². The lowest BCUT2D eigenvalue weighted by molar-refractivity contribution is 0.144. The second-order valence-corrected chi connectivity index (χ2v) is 5.52. The van der Waals surface area contributed by atoms with Crippen molar-refractivity contribution in [2.24, 2.45) is 0 Å². The molecular weight excluding hydrogens is 234 g/mol. The van der Waals surface area contributed by atoms with Crippen LogP contribution in [0.1, 0.15) is 32.1 Å². The summed E-state index contributed by atoms with van der Waals surface area (Å²) in [5, 5.41) is 16.2.